The number of unbranched alkanes of at least 4 members (excludes halogenated alkanes) is 1. The van der Waals surface area contributed by atoms with Crippen molar-refractivity contribution in [3.8, 4) is 0 Å². The molecular formula is C11H16ClN3O2. The molecule has 0 atom stereocenters. The van der Waals surface area contributed by atoms with Gasteiger partial charge in [-0.3, -0.25) is 4.79 Å². The lowest BCUT2D eigenvalue weighted by Crippen LogP contribution is -2.26. The van der Waals surface area contributed by atoms with E-state index in [2.05, 4.69) is 5.29 Å². The molecule has 0 heterocycles. The number of nitrogens with two attached hydrogens (primary N) is 1. The molecule has 0 fully saturated rings. The van der Waals surface area contributed by atoms with Crippen LogP contribution in [0, 0.1) is 4.91 Å². The summed E-state index contributed by atoms with van der Waals surface area (Å²) in [5.41, 5.74) is 5.80. The molecule has 94 valence electrons. The van der Waals surface area contributed by atoms with Gasteiger partial charge in [0.2, 0.25) is 0 Å². The Morgan fingerprint density at radius 3 is 2.41 bits per heavy atom. The highest BCUT2D eigenvalue weighted by molar-refractivity contribution is 5.93. The van der Waals surface area contributed by atoms with Crippen LogP contribution in [0.25, 0.3) is 0 Å². The number of hydrogen-bond donors (Lipinski definition) is 1. The Morgan fingerprint density at radius 2 is 1.88 bits per heavy atom. The van der Waals surface area contributed by atoms with E-state index >= 15 is 0 Å². The summed E-state index contributed by atoms with van der Waals surface area (Å²) in [7, 11) is 0. The Labute approximate surface area is 106 Å². The van der Waals surface area contributed by atoms with Gasteiger partial charge in [-0.05, 0) is 31.5 Å². The molecule has 1 amide bonds. The fourth-order valence-corrected chi connectivity index (χ4v) is 1.32. The number of hydrogen-bond acceptors (Lipinski definition) is 4. The minimum absolute atomic E-state index is 0. The van der Waals surface area contributed by atoms with Gasteiger partial charge in [0.25, 0.3) is 5.91 Å². The molecule has 17 heavy (non-hydrogen) atoms. The van der Waals surface area contributed by atoms with E-state index < -0.39 is 0 Å². The maximum Gasteiger partial charge on any atom is 0.276 e. The molecule has 0 saturated carbocycles. The van der Waals surface area contributed by atoms with Crippen molar-refractivity contribution in [2.75, 3.05) is 13.1 Å². The predicted molar refractivity (Wildman–Crippen MR) is 68.8 cm³/mol. The van der Waals surface area contributed by atoms with Gasteiger partial charge in [0, 0.05) is 12.1 Å². The molecule has 1 aromatic carbocycles. The van der Waals surface area contributed by atoms with Crippen LogP contribution in [0.5, 0.6) is 0 Å². The summed E-state index contributed by atoms with van der Waals surface area (Å²) in [6.45, 7) is 0.862. The molecule has 6 heteroatoms. The maximum absolute atomic E-state index is 11.8. The summed E-state index contributed by atoms with van der Waals surface area (Å²) in [5, 5.41) is 3.66. The summed E-state index contributed by atoms with van der Waals surface area (Å²) in [6, 6.07) is 8.61. The second kappa shape index (κ2) is 8.66. The lowest BCUT2D eigenvalue weighted by molar-refractivity contribution is 0.0755. The van der Waals surface area contributed by atoms with Crippen LogP contribution in [0.3, 0.4) is 0 Å². The van der Waals surface area contributed by atoms with Gasteiger partial charge in [0.15, 0.2) is 0 Å². The van der Waals surface area contributed by atoms with Crippen molar-refractivity contribution in [2.45, 2.75) is 12.8 Å². The van der Waals surface area contributed by atoms with Crippen molar-refractivity contribution >= 4 is 18.3 Å². The third-order valence-corrected chi connectivity index (χ3v) is 2.18. The van der Waals surface area contributed by atoms with E-state index in [1.165, 1.54) is 0 Å². The van der Waals surface area contributed by atoms with E-state index in [4.69, 9.17) is 5.73 Å². The van der Waals surface area contributed by atoms with Crippen molar-refractivity contribution in [1.29, 1.82) is 0 Å². The van der Waals surface area contributed by atoms with Gasteiger partial charge < -0.3 is 5.73 Å². The molecule has 0 aliphatic rings. The number of nitrogens with zero attached hydrogens (tertiary/aromatic N) is 2. The van der Waals surface area contributed by atoms with Gasteiger partial charge in [0.05, 0.1) is 5.29 Å². The monoisotopic (exact) mass is 257 g/mol. The van der Waals surface area contributed by atoms with Crippen molar-refractivity contribution in [1.82, 2.24) is 5.01 Å². The van der Waals surface area contributed by atoms with Gasteiger partial charge in [0.1, 0.15) is 0 Å². The highest BCUT2D eigenvalue weighted by atomic mass is 35.5. The molecule has 2 N–H and O–H groups in total. The van der Waals surface area contributed by atoms with Crippen LogP contribution in [-0.2, 0) is 0 Å². The van der Waals surface area contributed by atoms with E-state index in [9.17, 15) is 9.70 Å². The quantitative estimate of drug-likeness (QED) is 0.481. The van der Waals surface area contributed by atoms with Crippen LogP contribution in [0.4, 0.5) is 0 Å². The Bertz CT molecular complexity index is 346. The smallest absolute Gasteiger partial charge is 0.276 e. The first-order chi connectivity index (χ1) is 7.79. The SMILES string of the molecule is Cl.NCCCCN(N=O)C(=O)c1ccccc1. The zero-order valence-corrected chi connectivity index (χ0v) is 10.2. The minimum Gasteiger partial charge on any atom is -0.330 e. The Balaban J connectivity index is 0.00000256. The molecule has 5 nitrogen and oxygen atoms in total. The number of amides is 1. The van der Waals surface area contributed by atoms with Crippen molar-refractivity contribution in [3.05, 3.63) is 40.8 Å². The van der Waals surface area contributed by atoms with E-state index in [0.717, 1.165) is 11.4 Å². The fourth-order valence-electron chi connectivity index (χ4n) is 1.32. The molecule has 1 rings (SSSR count). The first kappa shape index (κ1) is 15.5. The minimum atomic E-state index is -0.368. The summed E-state index contributed by atoms with van der Waals surface area (Å²) in [6.07, 6.45) is 1.45. The van der Waals surface area contributed by atoms with Crippen LogP contribution < -0.4 is 5.73 Å². The van der Waals surface area contributed by atoms with Crippen molar-refractivity contribution < 1.29 is 4.79 Å². The average molecular weight is 258 g/mol. The molecule has 0 spiro atoms. The summed E-state index contributed by atoms with van der Waals surface area (Å²) in [4.78, 5) is 22.3. The fraction of sp³-hybridized carbons (Fsp3) is 0.364. The molecule has 0 saturated heterocycles. The topological polar surface area (TPSA) is 75.8 Å². The first-order valence-electron chi connectivity index (χ1n) is 5.20. The van der Waals surface area contributed by atoms with Crippen molar-refractivity contribution in [3.63, 3.8) is 0 Å². The normalized spacial score (nSPS) is 9.24. The molecule has 1 aromatic rings. The highest BCUT2D eigenvalue weighted by Crippen LogP contribution is 2.06. The van der Waals surface area contributed by atoms with Crippen LogP contribution in [0.1, 0.15) is 23.2 Å². The maximum atomic E-state index is 11.8. The van der Waals surface area contributed by atoms with Crippen LogP contribution >= 0.6 is 12.4 Å². The molecule has 0 radical (unpaired) electrons. The first-order valence-corrected chi connectivity index (χ1v) is 5.20. The lowest BCUT2D eigenvalue weighted by Gasteiger charge is -2.12. The lowest BCUT2D eigenvalue weighted by atomic mass is 10.2. The van der Waals surface area contributed by atoms with Gasteiger partial charge in [-0.1, -0.05) is 18.2 Å². The average Bonchev–Trinajstić information content (AvgIpc) is 2.35. The molecule has 0 bridgehead atoms. The van der Waals surface area contributed by atoms with Gasteiger partial charge in [-0.2, -0.15) is 5.01 Å². The van der Waals surface area contributed by atoms with Gasteiger partial charge in [-0.25, -0.2) is 0 Å². The third-order valence-electron chi connectivity index (χ3n) is 2.18. The summed E-state index contributed by atoms with van der Waals surface area (Å²) >= 11 is 0. The van der Waals surface area contributed by atoms with E-state index in [1.54, 1.807) is 24.3 Å². The van der Waals surface area contributed by atoms with E-state index in [1.807, 2.05) is 6.07 Å². The molecule has 0 aliphatic heterocycles. The summed E-state index contributed by atoms with van der Waals surface area (Å²) in [5.74, 6) is -0.368. The zero-order chi connectivity index (χ0) is 11.8. The molecular weight excluding hydrogens is 242 g/mol. The molecule has 0 unspecified atom stereocenters. The predicted octanol–water partition coefficient (Wildman–Crippen LogP) is 1.97. The highest BCUT2D eigenvalue weighted by Gasteiger charge is 2.15. The van der Waals surface area contributed by atoms with E-state index in [0.29, 0.717) is 25.1 Å². The Morgan fingerprint density at radius 1 is 1.24 bits per heavy atom. The van der Waals surface area contributed by atoms with Crippen LogP contribution in [0.15, 0.2) is 35.6 Å². The second-order valence-electron chi connectivity index (χ2n) is 3.37. The number of benzene rings is 1. The summed E-state index contributed by atoms with van der Waals surface area (Å²) < 4.78 is 0. The molecule has 0 aliphatic carbocycles. The van der Waals surface area contributed by atoms with E-state index in [-0.39, 0.29) is 18.3 Å². The zero-order valence-electron chi connectivity index (χ0n) is 9.41. The number of rotatable bonds is 6. The number of carbonyl (C=O) groups excluding carboxylic acids is 1. The Kier molecular flexibility index (Phi) is 7.92. The largest absolute Gasteiger partial charge is 0.330 e. The van der Waals surface area contributed by atoms with Crippen molar-refractivity contribution in [2.24, 2.45) is 11.0 Å². The van der Waals surface area contributed by atoms with Crippen LogP contribution in [0.2, 0.25) is 0 Å². The second-order valence-corrected chi connectivity index (χ2v) is 3.37. The van der Waals surface area contributed by atoms with Crippen LogP contribution in [-0.4, -0.2) is 24.0 Å². The number of carbonyl (C=O) groups is 1. The standard InChI is InChI=1S/C11H15N3O2.ClH/c12-8-4-5-9-14(13-16)11(15)10-6-2-1-3-7-10;/h1-3,6-7H,4-5,8-9,12H2;1H. The third kappa shape index (κ3) is 4.93. The molecule has 0 aromatic heterocycles. The number of halogens is 1. The number of nitroso groups, excluding NO2 is 1. The Hall–Kier alpha value is -1.46. The van der Waals surface area contributed by atoms with Gasteiger partial charge in [-0.15, -0.1) is 17.3 Å². The van der Waals surface area contributed by atoms with Gasteiger partial charge >= 0.3 is 0 Å².